The number of aliphatic hydroxyl groups excluding tert-OH is 2. The number of nitrogens with zero attached hydrogens (tertiary/aromatic N) is 1. The van der Waals surface area contributed by atoms with Gasteiger partial charge in [0, 0.05) is 22.1 Å². The van der Waals surface area contributed by atoms with E-state index in [1.165, 1.54) is 6.92 Å². The first-order valence-electron chi connectivity index (χ1n) is 11.2. The summed E-state index contributed by atoms with van der Waals surface area (Å²) in [5.74, 6) is -3.55. The molecule has 1 aromatic heterocycles. The zero-order valence-corrected chi connectivity index (χ0v) is 19.8. The van der Waals surface area contributed by atoms with Crippen LogP contribution in [0.3, 0.4) is 0 Å². The molecule has 6 nitrogen and oxygen atoms in total. The molecule has 8 atom stereocenters. The predicted octanol–water partition coefficient (Wildman–Crippen LogP) is 2.52. The van der Waals surface area contributed by atoms with E-state index in [0.29, 0.717) is 12.8 Å². The lowest BCUT2D eigenvalue weighted by Crippen LogP contribution is -2.86. The van der Waals surface area contributed by atoms with E-state index in [9.17, 15) is 20.1 Å². The van der Waals surface area contributed by atoms with Gasteiger partial charge in [-0.1, -0.05) is 26.0 Å². The highest BCUT2D eigenvalue weighted by atomic mass is 32.1. The summed E-state index contributed by atoms with van der Waals surface area (Å²) in [7, 11) is 0. The first-order chi connectivity index (χ1) is 14.4. The van der Waals surface area contributed by atoms with Gasteiger partial charge in [0.15, 0.2) is 0 Å². The van der Waals surface area contributed by atoms with Gasteiger partial charge in [-0.3, -0.25) is 4.79 Å². The number of ether oxygens (including phenoxy) is 1. The molecule has 2 saturated carbocycles. The molecule has 0 aromatic carbocycles. The average molecular weight is 448 g/mol. The SMILES string of the molecule is C=C(C)[C@@H]1CC[C@H]2[C@@]34CO[C@@](O)([C@@H](O)[C@@H]3C(C)(C)Cc3sc(C)nc34)[C@@]2(C(C)=O)[C@@H]1O. The maximum Gasteiger partial charge on any atom is 0.208 e. The predicted molar refractivity (Wildman–Crippen MR) is 117 cm³/mol. The smallest absolute Gasteiger partial charge is 0.208 e. The molecule has 2 aliphatic heterocycles. The van der Waals surface area contributed by atoms with Crippen molar-refractivity contribution >= 4 is 17.1 Å². The molecule has 0 radical (unpaired) electrons. The molecule has 3 heterocycles. The minimum atomic E-state index is -2.15. The van der Waals surface area contributed by atoms with Crippen molar-refractivity contribution in [3.05, 3.63) is 27.7 Å². The second-order valence-corrected chi connectivity index (χ2v) is 12.4. The summed E-state index contributed by atoms with van der Waals surface area (Å²) in [6.45, 7) is 13.7. The van der Waals surface area contributed by atoms with Gasteiger partial charge in [0.05, 0.1) is 23.4 Å². The van der Waals surface area contributed by atoms with Crippen LogP contribution >= 0.6 is 11.3 Å². The lowest BCUT2D eigenvalue weighted by molar-refractivity contribution is -0.433. The van der Waals surface area contributed by atoms with Crippen molar-refractivity contribution in [1.82, 2.24) is 4.98 Å². The van der Waals surface area contributed by atoms with Crippen LogP contribution in [-0.2, 0) is 21.4 Å². The Morgan fingerprint density at radius 2 is 1.90 bits per heavy atom. The van der Waals surface area contributed by atoms with Crippen LogP contribution in [0.5, 0.6) is 0 Å². The van der Waals surface area contributed by atoms with Crippen LogP contribution in [0.4, 0.5) is 0 Å². The van der Waals surface area contributed by atoms with E-state index < -0.39 is 28.8 Å². The van der Waals surface area contributed by atoms with Crippen LogP contribution in [0.15, 0.2) is 12.2 Å². The third kappa shape index (κ3) is 2.22. The normalized spacial score (nSPS) is 47.3. The highest BCUT2D eigenvalue weighted by Crippen LogP contribution is 2.73. The number of ketones is 1. The molecule has 3 aliphatic carbocycles. The van der Waals surface area contributed by atoms with E-state index in [0.717, 1.165) is 27.6 Å². The van der Waals surface area contributed by atoms with Crippen molar-refractivity contribution < 1.29 is 24.9 Å². The summed E-state index contributed by atoms with van der Waals surface area (Å²) in [6.07, 6.45) is -0.438. The molecule has 0 unspecified atom stereocenters. The Balaban J connectivity index is 1.85. The topological polar surface area (TPSA) is 99.9 Å². The number of hydrogen-bond donors (Lipinski definition) is 3. The summed E-state index contributed by atoms with van der Waals surface area (Å²) in [5, 5.41) is 36.3. The van der Waals surface area contributed by atoms with E-state index >= 15 is 0 Å². The fraction of sp³-hybridized carbons (Fsp3) is 0.750. The third-order valence-electron chi connectivity index (χ3n) is 9.10. The Morgan fingerprint density at radius 1 is 1.23 bits per heavy atom. The van der Waals surface area contributed by atoms with Crippen LogP contribution < -0.4 is 0 Å². The maximum atomic E-state index is 13.5. The average Bonchev–Trinajstić information content (AvgIpc) is 3.02. The Labute approximate surface area is 187 Å². The highest BCUT2D eigenvalue weighted by molar-refractivity contribution is 7.11. The quantitative estimate of drug-likeness (QED) is 0.603. The van der Waals surface area contributed by atoms with Crippen molar-refractivity contribution in [1.29, 1.82) is 0 Å². The van der Waals surface area contributed by atoms with Crippen LogP contribution in [-0.4, -0.2) is 50.7 Å². The van der Waals surface area contributed by atoms with Gasteiger partial charge in [0.25, 0.3) is 0 Å². The molecular formula is C24H33NO5S. The van der Waals surface area contributed by atoms with Gasteiger partial charge in [-0.05, 0) is 51.4 Å². The van der Waals surface area contributed by atoms with Crippen molar-refractivity contribution in [2.24, 2.45) is 28.6 Å². The fourth-order valence-corrected chi connectivity index (χ4v) is 9.45. The Kier molecular flexibility index (Phi) is 4.38. The second kappa shape index (κ2) is 6.26. The number of hydrogen-bond acceptors (Lipinski definition) is 7. The van der Waals surface area contributed by atoms with Crippen LogP contribution in [0.25, 0.3) is 0 Å². The molecule has 5 aliphatic rings. The Hall–Kier alpha value is -1.12. The first kappa shape index (κ1) is 21.7. The van der Waals surface area contributed by atoms with Gasteiger partial charge in [-0.25, -0.2) is 4.98 Å². The fourth-order valence-electron chi connectivity index (χ4n) is 8.18. The summed E-state index contributed by atoms with van der Waals surface area (Å²) in [4.78, 5) is 19.6. The van der Waals surface area contributed by atoms with E-state index in [4.69, 9.17) is 9.72 Å². The Bertz CT molecular complexity index is 987. The van der Waals surface area contributed by atoms with Crippen molar-refractivity contribution in [2.75, 3.05) is 6.61 Å². The molecule has 6 rings (SSSR count). The number of aliphatic hydroxyl groups is 3. The molecule has 4 fully saturated rings. The second-order valence-electron chi connectivity index (χ2n) is 11.1. The van der Waals surface area contributed by atoms with Crippen LogP contribution in [0.1, 0.15) is 56.1 Å². The summed E-state index contributed by atoms with van der Waals surface area (Å²) in [5.41, 5.74) is -1.03. The highest BCUT2D eigenvalue weighted by Gasteiger charge is 2.84. The van der Waals surface area contributed by atoms with Crippen molar-refractivity contribution in [2.45, 2.75) is 77.3 Å². The number of aryl methyl sites for hydroxylation is 1. The molecule has 1 aromatic rings. The zero-order valence-electron chi connectivity index (χ0n) is 18.9. The molecule has 3 N–H and O–H groups in total. The molecule has 1 spiro atoms. The number of thiazole rings is 1. The van der Waals surface area contributed by atoms with Crippen molar-refractivity contribution in [3.8, 4) is 0 Å². The third-order valence-corrected chi connectivity index (χ3v) is 10.1. The molecule has 170 valence electrons. The molecule has 0 amide bonds. The minimum Gasteiger partial charge on any atom is -0.391 e. The van der Waals surface area contributed by atoms with Crippen LogP contribution in [0, 0.1) is 35.5 Å². The van der Waals surface area contributed by atoms with Gasteiger partial charge < -0.3 is 20.1 Å². The first-order valence-corrected chi connectivity index (χ1v) is 12.0. The standard InChI is InChI=1S/C24H33NO5S/c1-11(2)14-7-8-16-22-10-30-24(29,23(16,12(3)26)19(14)27)20(28)17(22)21(5,6)9-15-18(22)25-13(4)31-15/h14,16-17,19-20,27-29H,1,7-10H2,2-6H3/t14-,16-,17+,19+,20-,22-,23+,24-/m0/s1. The van der Waals surface area contributed by atoms with E-state index in [2.05, 4.69) is 20.4 Å². The number of Topliss-reactive ketones (excluding diaryl/α,β-unsaturated/α-hetero) is 1. The molecule has 2 bridgehead atoms. The monoisotopic (exact) mass is 447 g/mol. The van der Waals surface area contributed by atoms with Gasteiger partial charge in [-0.15, -0.1) is 11.3 Å². The number of rotatable bonds is 2. The van der Waals surface area contributed by atoms with Gasteiger partial charge in [0.1, 0.15) is 17.3 Å². The number of carbonyl (C=O) groups is 1. The maximum absolute atomic E-state index is 13.5. The van der Waals surface area contributed by atoms with Gasteiger partial charge >= 0.3 is 0 Å². The molecule has 2 saturated heterocycles. The molecule has 7 heteroatoms. The van der Waals surface area contributed by atoms with E-state index in [1.54, 1.807) is 11.3 Å². The van der Waals surface area contributed by atoms with Gasteiger partial charge in [-0.2, -0.15) is 0 Å². The van der Waals surface area contributed by atoms with Crippen molar-refractivity contribution in [3.63, 3.8) is 0 Å². The van der Waals surface area contributed by atoms with E-state index in [-0.39, 0.29) is 35.6 Å². The lowest BCUT2D eigenvalue weighted by atomic mass is 9.35. The number of fused-ring (bicyclic) bond motifs is 2. The van der Waals surface area contributed by atoms with Gasteiger partial charge in [0.2, 0.25) is 5.79 Å². The number of carbonyl (C=O) groups excluding carboxylic acids is 1. The minimum absolute atomic E-state index is 0.189. The molecule has 31 heavy (non-hydrogen) atoms. The number of aromatic nitrogens is 1. The largest absolute Gasteiger partial charge is 0.391 e. The van der Waals surface area contributed by atoms with E-state index in [1.807, 2.05) is 13.8 Å². The summed E-state index contributed by atoms with van der Waals surface area (Å²) >= 11 is 1.66. The zero-order chi connectivity index (χ0) is 22.7. The van der Waals surface area contributed by atoms with Crippen LogP contribution in [0.2, 0.25) is 0 Å². The summed E-state index contributed by atoms with van der Waals surface area (Å²) < 4.78 is 6.09. The molecular weight excluding hydrogens is 414 g/mol. The lowest BCUT2D eigenvalue weighted by Gasteiger charge is -2.74. The summed E-state index contributed by atoms with van der Waals surface area (Å²) in [6, 6.07) is 0. The Morgan fingerprint density at radius 3 is 2.52 bits per heavy atom.